The fourth-order valence-corrected chi connectivity index (χ4v) is 1.63. The normalized spacial score (nSPS) is 12.5. The summed E-state index contributed by atoms with van der Waals surface area (Å²) in [6.45, 7) is 2.17. The van der Waals surface area contributed by atoms with E-state index in [-0.39, 0.29) is 12.5 Å². The Morgan fingerprint density at radius 2 is 2.43 bits per heavy atom. The van der Waals surface area contributed by atoms with Crippen molar-refractivity contribution >= 4 is 17.6 Å². The monoisotopic (exact) mass is 214 g/mol. The van der Waals surface area contributed by atoms with E-state index >= 15 is 0 Å². The molecule has 1 atom stereocenters. The highest BCUT2D eigenvalue weighted by Gasteiger charge is 2.03. The lowest BCUT2D eigenvalue weighted by molar-refractivity contribution is 0.250. The Kier molecular flexibility index (Phi) is 4.64. The number of anilines is 1. The average molecular weight is 214 g/mol. The summed E-state index contributed by atoms with van der Waals surface area (Å²) in [7, 11) is 0. The number of hydrogen-bond donors (Lipinski definition) is 3. The van der Waals surface area contributed by atoms with Crippen LogP contribution >= 0.6 is 11.8 Å². The maximum atomic E-state index is 8.83. The molecule has 1 aromatic rings. The third kappa shape index (κ3) is 3.49. The van der Waals surface area contributed by atoms with Crippen molar-refractivity contribution < 1.29 is 5.11 Å². The van der Waals surface area contributed by atoms with Gasteiger partial charge >= 0.3 is 0 Å². The predicted molar refractivity (Wildman–Crippen MR) is 56.8 cm³/mol. The number of aliphatic hydroxyl groups is 1. The van der Waals surface area contributed by atoms with Crippen molar-refractivity contribution in [1.82, 2.24) is 9.97 Å². The number of nitrogens with zero attached hydrogens (tertiary/aromatic N) is 2. The molecule has 6 heteroatoms. The third-order valence-electron chi connectivity index (χ3n) is 1.59. The van der Waals surface area contributed by atoms with Crippen LogP contribution in [0.3, 0.4) is 0 Å². The van der Waals surface area contributed by atoms with Crippen molar-refractivity contribution in [3.05, 3.63) is 12.4 Å². The molecule has 1 unspecified atom stereocenters. The van der Waals surface area contributed by atoms with Gasteiger partial charge in [0, 0.05) is 12.4 Å². The van der Waals surface area contributed by atoms with E-state index in [1.165, 1.54) is 0 Å². The van der Waals surface area contributed by atoms with Crippen LogP contribution in [0.25, 0.3) is 0 Å². The van der Waals surface area contributed by atoms with Crippen LogP contribution in [-0.4, -0.2) is 27.4 Å². The first kappa shape index (κ1) is 11.2. The average Bonchev–Trinajstić information content (AvgIpc) is 2.26. The van der Waals surface area contributed by atoms with Crippen molar-refractivity contribution in [1.29, 1.82) is 0 Å². The van der Waals surface area contributed by atoms with Gasteiger partial charge in [-0.3, -0.25) is 4.98 Å². The molecule has 0 aliphatic carbocycles. The van der Waals surface area contributed by atoms with Crippen LogP contribution in [0.1, 0.15) is 6.92 Å². The topological polar surface area (TPSA) is 84.1 Å². The van der Waals surface area contributed by atoms with Crippen LogP contribution in [0.4, 0.5) is 5.82 Å². The van der Waals surface area contributed by atoms with Gasteiger partial charge in [0.2, 0.25) is 0 Å². The number of hydrazine groups is 1. The maximum absolute atomic E-state index is 8.83. The van der Waals surface area contributed by atoms with Gasteiger partial charge in [0.25, 0.3) is 0 Å². The van der Waals surface area contributed by atoms with Crippen LogP contribution in [0.5, 0.6) is 0 Å². The molecule has 0 saturated carbocycles. The van der Waals surface area contributed by atoms with Gasteiger partial charge in [-0.15, -0.1) is 11.8 Å². The molecule has 1 heterocycles. The zero-order valence-corrected chi connectivity index (χ0v) is 8.79. The molecule has 5 nitrogen and oxygen atoms in total. The molecule has 78 valence electrons. The second-order valence-corrected chi connectivity index (χ2v) is 4.03. The first-order valence-electron chi connectivity index (χ1n) is 4.28. The number of thioether (sulfide) groups is 1. The van der Waals surface area contributed by atoms with Gasteiger partial charge < -0.3 is 10.5 Å². The maximum Gasteiger partial charge on any atom is 0.159 e. The van der Waals surface area contributed by atoms with Crippen molar-refractivity contribution in [2.45, 2.75) is 11.9 Å². The molecule has 0 aliphatic heterocycles. The van der Waals surface area contributed by atoms with Gasteiger partial charge in [0.1, 0.15) is 5.03 Å². The summed E-state index contributed by atoms with van der Waals surface area (Å²) in [5.74, 6) is 6.83. The van der Waals surface area contributed by atoms with E-state index in [4.69, 9.17) is 10.9 Å². The van der Waals surface area contributed by atoms with E-state index < -0.39 is 0 Å². The van der Waals surface area contributed by atoms with E-state index in [1.54, 1.807) is 24.2 Å². The molecule has 0 fully saturated rings. The summed E-state index contributed by atoms with van der Waals surface area (Å²) in [5.41, 5.74) is 2.43. The number of nitrogens with one attached hydrogen (secondary N) is 1. The summed E-state index contributed by atoms with van der Waals surface area (Å²) in [6, 6.07) is 0. The Hall–Kier alpha value is -0.850. The molecule has 0 bridgehead atoms. The summed E-state index contributed by atoms with van der Waals surface area (Å²) in [6.07, 6.45) is 3.23. The van der Waals surface area contributed by atoms with Crippen LogP contribution in [0.2, 0.25) is 0 Å². The van der Waals surface area contributed by atoms with Gasteiger partial charge in [0.15, 0.2) is 5.82 Å². The van der Waals surface area contributed by atoms with E-state index in [2.05, 4.69) is 15.4 Å². The lowest BCUT2D eigenvalue weighted by Gasteiger charge is -2.06. The smallest absolute Gasteiger partial charge is 0.159 e. The molecule has 1 rings (SSSR count). The fourth-order valence-electron chi connectivity index (χ4n) is 0.768. The minimum absolute atomic E-state index is 0.190. The first-order chi connectivity index (χ1) is 6.76. The molecule has 0 spiro atoms. The molecular formula is C8H14N4OS. The summed E-state index contributed by atoms with van der Waals surface area (Å²) in [4.78, 5) is 8.15. The van der Waals surface area contributed by atoms with Gasteiger partial charge in [-0.2, -0.15) is 0 Å². The number of hydrogen-bond acceptors (Lipinski definition) is 6. The molecule has 0 radical (unpaired) electrons. The standard InChI is InChI=1S/C8H14N4OS/c1-6(4-13)5-14-8-3-10-2-7(11-8)12-9/h2-3,6,13H,4-5,9H2,1H3,(H,11,12). The second kappa shape index (κ2) is 5.79. The number of nitrogens with two attached hydrogens (primary N) is 1. The minimum Gasteiger partial charge on any atom is -0.396 e. The number of aromatic nitrogens is 2. The van der Waals surface area contributed by atoms with E-state index in [1.807, 2.05) is 6.92 Å². The quantitative estimate of drug-likeness (QED) is 0.376. The van der Waals surface area contributed by atoms with Gasteiger partial charge in [0.05, 0.1) is 12.4 Å². The van der Waals surface area contributed by atoms with Gasteiger partial charge in [-0.25, -0.2) is 10.8 Å². The molecule has 1 aromatic heterocycles. The van der Waals surface area contributed by atoms with E-state index in [0.29, 0.717) is 5.82 Å². The molecular weight excluding hydrogens is 200 g/mol. The Balaban J connectivity index is 2.50. The van der Waals surface area contributed by atoms with Crippen LogP contribution < -0.4 is 11.3 Å². The third-order valence-corrected chi connectivity index (χ3v) is 2.82. The Labute approximate surface area is 87.1 Å². The lowest BCUT2D eigenvalue weighted by atomic mass is 10.2. The van der Waals surface area contributed by atoms with E-state index in [9.17, 15) is 0 Å². The van der Waals surface area contributed by atoms with Crippen molar-refractivity contribution in [2.75, 3.05) is 17.8 Å². The highest BCUT2D eigenvalue weighted by atomic mass is 32.2. The molecule has 0 saturated heterocycles. The highest BCUT2D eigenvalue weighted by Crippen LogP contribution is 2.18. The molecule has 4 N–H and O–H groups in total. The second-order valence-electron chi connectivity index (χ2n) is 2.99. The van der Waals surface area contributed by atoms with Crippen LogP contribution in [0, 0.1) is 5.92 Å². The van der Waals surface area contributed by atoms with E-state index in [0.717, 1.165) is 10.8 Å². The van der Waals surface area contributed by atoms with Gasteiger partial charge in [-0.05, 0) is 5.92 Å². The van der Waals surface area contributed by atoms with Crippen molar-refractivity contribution in [3.63, 3.8) is 0 Å². The fraction of sp³-hybridized carbons (Fsp3) is 0.500. The van der Waals surface area contributed by atoms with Gasteiger partial charge in [-0.1, -0.05) is 6.92 Å². The number of nitrogen functional groups attached to an aromatic ring is 1. The zero-order valence-electron chi connectivity index (χ0n) is 7.97. The predicted octanol–water partition coefficient (Wildman–Crippen LogP) is 0.483. The molecule has 14 heavy (non-hydrogen) atoms. The molecule has 0 aliphatic rings. The van der Waals surface area contributed by atoms with Crippen LogP contribution in [-0.2, 0) is 0 Å². The summed E-state index contributed by atoms with van der Waals surface area (Å²) < 4.78 is 0. The Morgan fingerprint density at radius 3 is 3.07 bits per heavy atom. The Morgan fingerprint density at radius 1 is 1.64 bits per heavy atom. The molecule has 0 amide bonds. The Bertz CT molecular complexity index is 284. The minimum atomic E-state index is 0.190. The first-order valence-corrected chi connectivity index (χ1v) is 5.27. The zero-order chi connectivity index (χ0) is 10.4. The highest BCUT2D eigenvalue weighted by molar-refractivity contribution is 7.99. The largest absolute Gasteiger partial charge is 0.396 e. The summed E-state index contributed by atoms with van der Waals surface area (Å²) >= 11 is 1.55. The van der Waals surface area contributed by atoms with Crippen LogP contribution in [0.15, 0.2) is 17.4 Å². The van der Waals surface area contributed by atoms with Crippen molar-refractivity contribution in [3.8, 4) is 0 Å². The number of aliphatic hydroxyl groups excluding tert-OH is 1. The van der Waals surface area contributed by atoms with Crippen molar-refractivity contribution in [2.24, 2.45) is 11.8 Å². The molecule has 0 aromatic carbocycles. The summed E-state index contributed by atoms with van der Waals surface area (Å²) in [5, 5.41) is 9.64. The SMILES string of the molecule is CC(CO)CSc1cncc(NN)n1. The lowest BCUT2D eigenvalue weighted by Crippen LogP contribution is -2.09. The number of rotatable bonds is 5.